The van der Waals surface area contributed by atoms with Crippen LogP contribution >= 0.6 is 11.6 Å². The molecule has 4 nitrogen and oxygen atoms in total. The van der Waals surface area contributed by atoms with Gasteiger partial charge in [0, 0.05) is 35.8 Å². The van der Waals surface area contributed by atoms with Gasteiger partial charge in [0.05, 0.1) is 11.1 Å². The lowest BCUT2D eigenvalue weighted by Gasteiger charge is -2.10. The predicted molar refractivity (Wildman–Crippen MR) is 84.6 cm³/mol. The third-order valence-corrected chi connectivity index (χ3v) is 3.59. The zero-order valence-corrected chi connectivity index (χ0v) is 12.1. The maximum atomic E-state index is 12.5. The van der Waals surface area contributed by atoms with Gasteiger partial charge in [-0.2, -0.15) is 5.10 Å². The number of alkyl halides is 1. The molecule has 1 aromatic carbocycles. The van der Waals surface area contributed by atoms with E-state index in [1.165, 1.54) is 4.68 Å². The van der Waals surface area contributed by atoms with Gasteiger partial charge < -0.3 is 0 Å². The van der Waals surface area contributed by atoms with Crippen molar-refractivity contribution in [3.05, 3.63) is 59.1 Å². The van der Waals surface area contributed by atoms with Crippen LogP contribution in [0.3, 0.4) is 0 Å². The minimum atomic E-state index is -0.0754. The van der Waals surface area contributed by atoms with Gasteiger partial charge in [0.15, 0.2) is 0 Å². The second-order valence-corrected chi connectivity index (χ2v) is 5.08. The van der Waals surface area contributed by atoms with Crippen LogP contribution in [0.4, 0.5) is 0 Å². The Kier molecular flexibility index (Phi) is 3.97. The lowest BCUT2D eigenvalue weighted by Crippen LogP contribution is -2.24. The SMILES string of the molecule is O=c1c2ccccc2c(-c2ccncc2)nn1CCCCl. The summed E-state index contributed by atoms with van der Waals surface area (Å²) in [4.78, 5) is 16.5. The van der Waals surface area contributed by atoms with E-state index in [1.807, 2.05) is 36.4 Å². The molecule has 21 heavy (non-hydrogen) atoms. The molecule has 5 heteroatoms. The highest BCUT2D eigenvalue weighted by atomic mass is 35.5. The van der Waals surface area contributed by atoms with Crippen molar-refractivity contribution >= 4 is 22.4 Å². The number of hydrogen-bond acceptors (Lipinski definition) is 3. The van der Waals surface area contributed by atoms with Crippen molar-refractivity contribution < 1.29 is 0 Å². The van der Waals surface area contributed by atoms with Crippen molar-refractivity contribution in [3.63, 3.8) is 0 Å². The smallest absolute Gasteiger partial charge is 0.267 e. The summed E-state index contributed by atoms with van der Waals surface area (Å²) in [5, 5.41) is 6.06. The number of pyridine rings is 1. The van der Waals surface area contributed by atoms with E-state index < -0.39 is 0 Å². The zero-order valence-electron chi connectivity index (χ0n) is 11.4. The second kappa shape index (κ2) is 6.06. The van der Waals surface area contributed by atoms with Gasteiger partial charge in [-0.05, 0) is 24.6 Å². The molecule has 0 atom stereocenters. The van der Waals surface area contributed by atoms with Gasteiger partial charge in [0.2, 0.25) is 0 Å². The first-order valence-electron chi connectivity index (χ1n) is 6.77. The van der Waals surface area contributed by atoms with Crippen LogP contribution in [0, 0.1) is 0 Å². The maximum absolute atomic E-state index is 12.5. The van der Waals surface area contributed by atoms with E-state index in [-0.39, 0.29) is 5.56 Å². The highest BCUT2D eigenvalue weighted by Crippen LogP contribution is 2.23. The first-order valence-corrected chi connectivity index (χ1v) is 7.31. The van der Waals surface area contributed by atoms with Crippen molar-refractivity contribution in [1.82, 2.24) is 14.8 Å². The number of aromatic nitrogens is 3. The van der Waals surface area contributed by atoms with Gasteiger partial charge in [-0.3, -0.25) is 9.78 Å². The molecular weight excluding hydrogens is 286 g/mol. The van der Waals surface area contributed by atoms with Crippen molar-refractivity contribution in [1.29, 1.82) is 0 Å². The summed E-state index contributed by atoms with van der Waals surface area (Å²) in [5.74, 6) is 0.505. The molecule has 2 aromatic heterocycles. The van der Waals surface area contributed by atoms with E-state index in [1.54, 1.807) is 12.4 Å². The molecule has 0 aliphatic carbocycles. The molecule has 0 N–H and O–H groups in total. The molecule has 3 aromatic rings. The standard InChI is InChI=1S/C16H14ClN3O/c17-8-3-11-20-16(21)14-5-2-1-4-13(14)15(19-20)12-6-9-18-10-7-12/h1-2,4-7,9-10H,3,8,11H2. The third-order valence-electron chi connectivity index (χ3n) is 3.33. The molecule has 0 bridgehead atoms. The minimum absolute atomic E-state index is 0.0754. The number of hydrogen-bond donors (Lipinski definition) is 0. The number of rotatable bonds is 4. The summed E-state index contributed by atoms with van der Waals surface area (Å²) < 4.78 is 1.50. The largest absolute Gasteiger partial charge is 0.274 e. The van der Waals surface area contributed by atoms with Crippen molar-refractivity contribution in [2.24, 2.45) is 0 Å². The first-order chi connectivity index (χ1) is 10.3. The van der Waals surface area contributed by atoms with Crippen LogP contribution in [0.15, 0.2) is 53.6 Å². The minimum Gasteiger partial charge on any atom is -0.267 e. The Labute approximate surface area is 127 Å². The van der Waals surface area contributed by atoms with Gasteiger partial charge in [-0.1, -0.05) is 18.2 Å². The maximum Gasteiger partial charge on any atom is 0.274 e. The van der Waals surface area contributed by atoms with Gasteiger partial charge in [0.1, 0.15) is 0 Å². The Hall–Kier alpha value is -2.20. The molecule has 0 spiro atoms. The Morgan fingerprint density at radius 1 is 1.05 bits per heavy atom. The van der Waals surface area contributed by atoms with Gasteiger partial charge in [0.25, 0.3) is 5.56 Å². The van der Waals surface area contributed by atoms with Crippen LogP contribution in [-0.2, 0) is 6.54 Å². The Balaban J connectivity index is 2.27. The van der Waals surface area contributed by atoms with Crippen molar-refractivity contribution in [2.45, 2.75) is 13.0 Å². The molecule has 0 fully saturated rings. The van der Waals surface area contributed by atoms with Gasteiger partial charge in [-0.25, -0.2) is 4.68 Å². The molecule has 106 valence electrons. The summed E-state index contributed by atoms with van der Waals surface area (Å²) >= 11 is 5.73. The van der Waals surface area contributed by atoms with Crippen LogP contribution in [0.1, 0.15) is 6.42 Å². The van der Waals surface area contributed by atoms with Crippen molar-refractivity contribution in [2.75, 3.05) is 5.88 Å². The normalized spacial score (nSPS) is 10.9. The monoisotopic (exact) mass is 299 g/mol. The van der Waals surface area contributed by atoms with Crippen LogP contribution < -0.4 is 5.56 Å². The molecule has 0 radical (unpaired) electrons. The fourth-order valence-electron chi connectivity index (χ4n) is 2.32. The fraction of sp³-hybridized carbons (Fsp3) is 0.188. The predicted octanol–water partition coefficient (Wildman–Crippen LogP) is 3.09. The van der Waals surface area contributed by atoms with E-state index in [0.29, 0.717) is 24.2 Å². The molecule has 0 saturated carbocycles. The molecule has 0 unspecified atom stereocenters. The Bertz CT molecular complexity index is 815. The summed E-state index contributed by atoms with van der Waals surface area (Å²) in [6.07, 6.45) is 4.16. The molecular formula is C16H14ClN3O. The molecule has 2 heterocycles. The number of aryl methyl sites for hydroxylation is 1. The Morgan fingerprint density at radius 3 is 2.48 bits per heavy atom. The number of nitrogens with zero attached hydrogens (tertiary/aromatic N) is 3. The molecule has 3 rings (SSSR count). The number of fused-ring (bicyclic) bond motifs is 1. The van der Waals surface area contributed by atoms with Crippen LogP contribution in [-0.4, -0.2) is 20.6 Å². The Morgan fingerprint density at radius 2 is 1.76 bits per heavy atom. The van der Waals surface area contributed by atoms with Gasteiger partial charge >= 0.3 is 0 Å². The molecule has 0 aliphatic rings. The van der Waals surface area contributed by atoms with Crippen molar-refractivity contribution in [3.8, 4) is 11.3 Å². The fourth-order valence-corrected chi connectivity index (χ4v) is 2.44. The lowest BCUT2D eigenvalue weighted by molar-refractivity contribution is 0.578. The summed E-state index contributed by atoms with van der Waals surface area (Å²) in [6.45, 7) is 0.519. The molecule has 0 saturated heterocycles. The first kappa shape index (κ1) is 13.8. The summed E-state index contributed by atoms with van der Waals surface area (Å²) in [6, 6.07) is 11.3. The topological polar surface area (TPSA) is 47.8 Å². The van der Waals surface area contributed by atoms with E-state index >= 15 is 0 Å². The average molecular weight is 300 g/mol. The van der Waals surface area contributed by atoms with E-state index in [2.05, 4.69) is 10.1 Å². The zero-order chi connectivity index (χ0) is 14.7. The highest BCUT2D eigenvalue weighted by molar-refractivity contribution is 6.17. The van der Waals surface area contributed by atoms with Crippen LogP contribution in [0.25, 0.3) is 22.0 Å². The quantitative estimate of drug-likeness (QED) is 0.696. The average Bonchev–Trinajstić information content (AvgIpc) is 2.55. The second-order valence-electron chi connectivity index (χ2n) is 4.70. The molecule has 0 amide bonds. The molecule has 0 aliphatic heterocycles. The lowest BCUT2D eigenvalue weighted by atomic mass is 10.1. The highest BCUT2D eigenvalue weighted by Gasteiger charge is 2.11. The van der Waals surface area contributed by atoms with Crippen LogP contribution in [0.5, 0.6) is 0 Å². The number of halogens is 1. The van der Waals surface area contributed by atoms with E-state index in [9.17, 15) is 4.79 Å². The van der Waals surface area contributed by atoms with E-state index in [0.717, 1.165) is 16.6 Å². The van der Waals surface area contributed by atoms with Crippen LogP contribution in [0.2, 0.25) is 0 Å². The third kappa shape index (κ3) is 2.67. The summed E-state index contributed by atoms with van der Waals surface area (Å²) in [5.41, 5.74) is 1.66. The summed E-state index contributed by atoms with van der Waals surface area (Å²) in [7, 11) is 0. The number of benzene rings is 1. The van der Waals surface area contributed by atoms with E-state index in [4.69, 9.17) is 11.6 Å². The van der Waals surface area contributed by atoms with Gasteiger partial charge in [-0.15, -0.1) is 11.6 Å².